The lowest BCUT2D eigenvalue weighted by Gasteiger charge is -2.18. The smallest absolute Gasteiger partial charge is 0.125 e. The van der Waals surface area contributed by atoms with Crippen molar-refractivity contribution >= 4 is 11.6 Å². The molecule has 1 N–H and O–H groups in total. The third-order valence-electron chi connectivity index (χ3n) is 2.65. The predicted octanol–water partition coefficient (Wildman–Crippen LogP) is 3.41. The number of ether oxygens (including phenoxy) is 1. The molecule has 0 bridgehead atoms. The molecule has 17 heavy (non-hydrogen) atoms. The van der Waals surface area contributed by atoms with Gasteiger partial charge in [-0.05, 0) is 32.5 Å². The van der Waals surface area contributed by atoms with Crippen LogP contribution < -0.4 is 10.1 Å². The van der Waals surface area contributed by atoms with E-state index in [0.29, 0.717) is 5.02 Å². The van der Waals surface area contributed by atoms with E-state index in [0.717, 1.165) is 24.2 Å². The zero-order valence-corrected chi connectivity index (χ0v) is 11.3. The van der Waals surface area contributed by atoms with E-state index in [2.05, 4.69) is 17.2 Å². The molecule has 2 nitrogen and oxygen atoms in total. The summed E-state index contributed by atoms with van der Waals surface area (Å²) in [5.74, 6) is 6.80. The Bertz CT molecular complexity index is 420. The fraction of sp³-hybridized carbons (Fsp3) is 0.429. The molecule has 1 atom stereocenters. The summed E-state index contributed by atoms with van der Waals surface area (Å²) in [6, 6.07) is 5.96. The van der Waals surface area contributed by atoms with Crippen molar-refractivity contribution < 1.29 is 4.74 Å². The maximum absolute atomic E-state index is 5.95. The Balaban J connectivity index is 2.89. The van der Waals surface area contributed by atoms with Crippen LogP contribution in [0.5, 0.6) is 5.75 Å². The Kier molecular flexibility index (Phi) is 5.90. The van der Waals surface area contributed by atoms with Crippen LogP contribution in [0, 0.1) is 11.8 Å². The summed E-state index contributed by atoms with van der Waals surface area (Å²) in [4.78, 5) is 0. The highest BCUT2D eigenvalue weighted by atomic mass is 35.5. The van der Waals surface area contributed by atoms with Crippen molar-refractivity contribution in [1.29, 1.82) is 0 Å². The van der Waals surface area contributed by atoms with Gasteiger partial charge in [0, 0.05) is 23.0 Å². The molecule has 0 saturated carbocycles. The van der Waals surface area contributed by atoms with Crippen LogP contribution in [0.2, 0.25) is 5.02 Å². The molecule has 1 aromatic carbocycles. The molecule has 0 fully saturated rings. The molecule has 0 saturated heterocycles. The lowest BCUT2D eigenvalue weighted by molar-refractivity contribution is 0.399. The Morgan fingerprint density at radius 3 is 2.82 bits per heavy atom. The molecule has 0 heterocycles. The molecule has 0 aliphatic carbocycles. The van der Waals surface area contributed by atoms with E-state index in [4.69, 9.17) is 16.3 Å². The second-order valence-electron chi connectivity index (χ2n) is 3.69. The largest absolute Gasteiger partial charge is 0.496 e. The molecule has 0 radical (unpaired) electrons. The van der Waals surface area contributed by atoms with E-state index in [1.807, 2.05) is 32.2 Å². The van der Waals surface area contributed by atoms with Gasteiger partial charge in [-0.15, -0.1) is 11.8 Å². The molecule has 92 valence electrons. The van der Waals surface area contributed by atoms with Crippen LogP contribution in [0.15, 0.2) is 18.2 Å². The second-order valence-corrected chi connectivity index (χ2v) is 4.13. The van der Waals surface area contributed by atoms with Crippen LogP contribution in [0.4, 0.5) is 0 Å². The van der Waals surface area contributed by atoms with Crippen molar-refractivity contribution in [2.24, 2.45) is 0 Å². The third kappa shape index (κ3) is 3.96. The number of benzene rings is 1. The summed E-state index contributed by atoms with van der Waals surface area (Å²) in [6.45, 7) is 1.86. The van der Waals surface area contributed by atoms with Crippen molar-refractivity contribution in [3.63, 3.8) is 0 Å². The first kappa shape index (κ1) is 13.9. The van der Waals surface area contributed by atoms with E-state index in [1.165, 1.54) is 0 Å². The fourth-order valence-corrected chi connectivity index (χ4v) is 1.93. The van der Waals surface area contributed by atoms with Gasteiger partial charge in [0.2, 0.25) is 0 Å². The zero-order valence-electron chi connectivity index (χ0n) is 10.5. The van der Waals surface area contributed by atoms with Gasteiger partial charge in [-0.3, -0.25) is 0 Å². The highest BCUT2D eigenvalue weighted by Crippen LogP contribution is 2.30. The minimum absolute atomic E-state index is 0.239. The highest BCUT2D eigenvalue weighted by molar-refractivity contribution is 6.30. The maximum Gasteiger partial charge on any atom is 0.125 e. The fourth-order valence-electron chi connectivity index (χ4n) is 1.77. The van der Waals surface area contributed by atoms with Crippen LogP contribution in [-0.4, -0.2) is 14.2 Å². The lowest BCUT2D eigenvalue weighted by Crippen LogP contribution is -2.17. The molecule has 0 aliphatic heterocycles. The summed E-state index contributed by atoms with van der Waals surface area (Å²) in [7, 11) is 3.60. The normalized spacial score (nSPS) is 11.5. The highest BCUT2D eigenvalue weighted by Gasteiger charge is 2.13. The van der Waals surface area contributed by atoms with Gasteiger partial charge in [0.1, 0.15) is 5.75 Å². The average Bonchev–Trinajstić information content (AvgIpc) is 2.35. The first-order valence-corrected chi connectivity index (χ1v) is 6.01. The number of hydrogen-bond acceptors (Lipinski definition) is 2. The number of halogens is 1. The number of methoxy groups -OCH3 is 1. The van der Waals surface area contributed by atoms with E-state index in [1.54, 1.807) is 7.11 Å². The molecule has 0 amide bonds. The predicted molar refractivity (Wildman–Crippen MR) is 72.5 cm³/mol. The Morgan fingerprint density at radius 2 is 2.24 bits per heavy atom. The van der Waals surface area contributed by atoms with Crippen molar-refractivity contribution in [2.45, 2.75) is 25.8 Å². The topological polar surface area (TPSA) is 21.3 Å². The van der Waals surface area contributed by atoms with E-state index in [-0.39, 0.29) is 6.04 Å². The Morgan fingerprint density at radius 1 is 1.47 bits per heavy atom. The van der Waals surface area contributed by atoms with Gasteiger partial charge < -0.3 is 10.1 Å². The van der Waals surface area contributed by atoms with Gasteiger partial charge in [0.25, 0.3) is 0 Å². The molecule has 0 aromatic heterocycles. The van der Waals surface area contributed by atoms with Gasteiger partial charge in [-0.2, -0.15) is 0 Å². The first-order valence-electron chi connectivity index (χ1n) is 5.63. The van der Waals surface area contributed by atoms with Gasteiger partial charge in [-0.25, -0.2) is 0 Å². The van der Waals surface area contributed by atoms with Gasteiger partial charge >= 0.3 is 0 Å². The third-order valence-corrected chi connectivity index (χ3v) is 2.89. The van der Waals surface area contributed by atoms with Gasteiger partial charge in [0.15, 0.2) is 0 Å². The van der Waals surface area contributed by atoms with Crippen molar-refractivity contribution in [2.75, 3.05) is 14.2 Å². The van der Waals surface area contributed by atoms with E-state index in [9.17, 15) is 0 Å². The molecule has 3 heteroatoms. The van der Waals surface area contributed by atoms with Gasteiger partial charge in [0.05, 0.1) is 7.11 Å². The summed E-state index contributed by atoms with van der Waals surface area (Å²) in [5, 5.41) is 3.97. The van der Waals surface area contributed by atoms with Crippen molar-refractivity contribution in [3.05, 3.63) is 28.8 Å². The molecule has 0 spiro atoms. The van der Waals surface area contributed by atoms with Crippen LogP contribution in [0.25, 0.3) is 0 Å². The number of hydrogen-bond donors (Lipinski definition) is 1. The first-order chi connectivity index (χ1) is 8.22. The molecule has 1 aromatic rings. The summed E-state index contributed by atoms with van der Waals surface area (Å²) in [5.41, 5.74) is 1.12. The second kappa shape index (κ2) is 7.21. The minimum Gasteiger partial charge on any atom is -0.496 e. The van der Waals surface area contributed by atoms with Crippen LogP contribution >= 0.6 is 11.6 Å². The number of rotatable bonds is 5. The van der Waals surface area contributed by atoms with E-state index < -0.39 is 0 Å². The summed E-state index contributed by atoms with van der Waals surface area (Å²) < 4.78 is 5.35. The zero-order chi connectivity index (χ0) is 12.7. The van der Waals surface area contributed by atoms with Crippen LogP contribution in [-0.2, 0) is 0 Å². The van der Waals surface area contributed by atoms with Crippen molar-refractivity contribution in [3.8, 4) is 17.6 Å². The Hall–Kier alpha value is -1.17. The van der Waals surface area contributed by atoms with Gasteiger partial charge in [-0.1, -0.05) is 17.7 Å². The molecule has 1 rings (SSSR count). The monoisotopic (exact) mass is 251 g/mol. The average molecular weight is 252 g/mol. The standard InChI is InChI=1S/C14H18ClNO/c1-4-5-6-7-13(16-2)12-9-8-11(15)10-14(12)17-3/h8-10,13,16H,6-7H2,1-3H3. The van der Waals surface area contributed by atoms with Crippen molar-refractivity contribution in [1.82, 2.24) is 5.32 Å². The van der Waals surface area contributed by atoms with Crippen LogP contribution in [0.1, 0.15) is 31.4 Å². The van der Waals surface area contributed by atoms with E-state index >= 15 is 0 Å². The lowest BCUT2D eigenvalue weighted by atomic mass is 10.0. The van der Waals surface area contributed by atoms with Crippen LogP contribution in [0.3, 0.4) is 0 Å². The summed E-state index contributed by atoms with van der Waals surface area (Å²) in [6.07, 6.45) is 1.82. The minimum atomic E-state index is 0.239. The molecule has 0 aliphatic rings. The Labute approximate surface area is 108 Å². The quantitative estimate of drug-likeness (QED) is 0.810. The molecule has 1 unspecified atom stereocenters. The number of nitrogens with one attached hydrogen (secondary N) is 1. The summed E-state index contributed by atoms with van der Waals surface area (Å²) >= 11 is 5.95. The SMILES string of the molecule is CC#CCCC(NC)c1ccc(Cl)cc1OC. The molecular weight excluding hydrogens is 234 g/mol. The molecular formula is C14H18ClNO. The maximum atomic E-state index is 5.95.